The van der Waals surface area contributed by atoms with Crippen molar-refractivity contribution in [1.29, 1.82) is 0 Å². The van der Waals surface area contributed by atoms with E-state index in [2.05, 4.69) is 12.2 Å². The van der Waals surface area contributed by atoms with Crippen molar-refractivity contribution in [2.24, 2.45) is 0 Å². The van der Waals surface area contributed by atoms with Crippen LogP contribution in [0.3, 0.4) is 0 Å². The van der Waals surface area contributed by atoms with Crippen LogP contribution in [0.15, 0.2) is 0 Å². The van der Waals surface area contributed by atoms with Crippen LogP contribution in [-0.4, -0.2) is 29.9 Å². The van der Waals surface area contributed by atoms with Gasteiger partial charge in [-0.25, -0.2) is 4.79 Å². The maximum atomic E-state index is 11.2. The van der Waals surface area contributed by atoms with E-state index in [-0.39, 0.29) is 18.0 Å². The van der Waals surface area contributed by atoms with E-state index in [0.717, 1.165) is 25.7 Å². The van der Waals surface area contributed by atoms with E-state index in [1.807, 2.05) is 0 Å². The van der Waals surface area contributed by atoms with Gasteiger partial charge in [0.1, 0.15) is 6.04 Å². The average Bonchev–Trinajstić information content (AvgIpc) is 2.32. The van der Waals surface area contributed by atoms with Crippen molar-refractivity contribution in [2.75, 3.05) is 7.05 Å². The van der Waals surface area contributed by atoms with Crippen molar-refractivity contribution in [3.63, 3.8) is 0 Å². The molecule has 1 fully saturated rings. The topological polar surface area (TPSA) is 49.4 Å². The molecule has 4 nitrogen and oxygen atoms in total. The smallest absolute Gasteiger partial charge is 0.315 e. The molecule has 0 aromatic rings. The summed E-state index contributed by atoms with van der Waals surface area (Å²) >= 11 is 0. The second kappa shape index (κ2) is 4.25. The number of rotatable bonds is 4. The van der Waals surface area contributed by atoms with E-state index >= 15 is 0 Å². The SMILES string of the molecule is CCCCCC1C(=O)NC(=O)N1C. The van der Waals surface area contributed by atoms with Crippen molar-refractivity contribution in [3.05, 3.63) is 0 Å². The highest BCUT2D eigenvalue weighted by Crippen LogP contribution is 2.13. The zero-order valence-electron chi connectivity index (χ0n) is 8.17. The molecule has 1 N–H and O–H groups in total. The van der Waals surface area contributed by atoms with Gasteiger partial charge in [0.2, 0.25) is 0 Å². The van der Waals surface area contributed by atoms with Gasteiger partial charge in [-0.05, 0) is 6.42 Å². The molecular formula is C9H16N2O2. The Bertz CT molecular complexity index is 216. The highest BCUT2D eigenvalue weighted by atomic mass is 16.2. The molecule has 0 spiro atoms. The largest absolute Gasteiger partial charge is 0.324 e. The summed E-state index contributed by atoms with van der Waals surface area (Å²) in [6, 6.07) is -0.509. The van der Waals surface area contributed by atoms with Crippen LogP contribution in [0.1, 0.15) is 32.6 Å². The quantitative estimate of drug-likeness (QED) is 0.525. The summed E-state index contributed by atoms with van der Waals surface area (Å²) in [4.78, 5) is 23.7. The maximum absolute atomic E-state index is 11.2. The highest BCUT2D eigenvalue weighted by molar-refractivity contribution is 6.03. The highest BCUT2D eigenvalue weighted by Gasteiger charge is 2.34. The Morgan fingerprint density at radius 1 is 1.38 bits per heavy atom. The molecule has 1 unspecified atom stereocenters. The molecule has 1 aliphatic rings. The lowest BCUT2D eigenvalue weighted by molar-refractivity contribution is -0.121. The van der Waals surface area contributed by atoms with E-state index in [9.17, 15) is 9.59 Å². The third-order valence-electron chi connectivity index (χ3n) is 2.40. The normalized spacial score (nSPS) is 22.3. The summed E-state index contributed by atoms with van der Waals surface area (Å²) in [6.45, 7) is 2.11. The third-order valence-corrected chi connectivity index (χ3v) is 2.40. The Balaban J connectivity index is 2.40. The Kier molecular flexibility index (Phi) is 3.28. The van der Waals surface area contributed by atoms with Crippen LogP contribution in [0.25, 0.3) is 0 Å². The number of carbonyl (C=O) groups excluding carboxylic acids is 2. The Hall–Kier alpha value is -1.06. The number of urea groups is 1. The second-order valence-corrected chi connectivity index (χ2v) is 3.42. The second-order valence-electron chi connectivity index (χ2n) is 3.42. The predicted octanol–water partition coefficient (Wildman–Crippen LogP) is 1.12. The number of nitrogens with one attached hydrogen (secondary N) is 1. The number of carbonyl (C=O) groups is 2. The summed E-state index contributed by atoms with van der Waals surface area (Å²) in [5.41, 5.74) is 0. The average molecular weight is 184 g/mol. The van der Waals surface area contributed by atoms with Crippen LogP contribution >= 0.6 is 0 Å². The molecule has 1 rings (SSSR count). The Morgan fingerprint density at radius 3 is 2.54 bits per heavy atom. The van der Waals surface area contributed by atoms with Crippen LogP contribution in [0.5, 0.6) is 0 Å². The van der Waals surface area contributed by atoms with Crippen LogP contribution < -0.4 is 5.32 Å². The van der Waals surface area contributed by atoms with Crippen LogP contribution in [0.4, 0.5) is 4.79 Å². The predicted molar refractivity (Wildman–Crippen MR) is 49.2 cm³/mol. The van der Waals surface area contributed by atoms with Gasteiger partial charge in [0.25, 0.3) is 5.91 Å². The van der Waals surface area contributed by atoms with Crippen molar-refractivity contribution in [1.82, 2.24) is 10.2 Å². The lowest BCUT2D eigenvalue weighted by atomic mass is 10.1. The van der Waals surface area contributed by atoms with Gasteiger partial charge in [-0.2, -0.15) is 0 Å². The first-order valence-corrected chi connectivity index (χ1v) is 4.74. The van der Waals surface area contributed by atoms with Crippen LogP contribution in [0, 0.1) is 0 Å². The number of hydrogen-bond donors (Lipinski definition) is 1. The van der Waals surface area contributed by atoms with Gasteiger partial charge in [0.15, 0.2) is 0 Å². The minimum atomic E-state index is -0.272. The summed E-state index contributed by atoms with van der Waals surface area (Å²) in [7, 11) is 1.66. The fourth-order valence-electron chi connectivity index (χ4n) is 1.51. The lowest BCUT2D eigenvalue weighted by Crippen LogP contribution is -2.31. The Morgan fingerprint density at radius 2 is 2.08 bits per heavy atom. The summed E-state index contributed by atoms with van der Waals surface area (Å²) in [5, 5.41) is 2.29. The third kappa shape index (κ3) is 2.20. The first-order valence-electron chi connectivity index (χ1n) is 4.74. The van der Waals surface area contributed by atoms with Crippen molar-refractivity contribution < 1.29 is 9.59 Å². The molecule has 1 aliphatic heterocycles. The van der Waals surface area contributed by atoms with E-state index < -0.39 is 0 Å². The molecule has 0 saturated carbocycles. The summed E-state index contributed by atoms with van der Waals surface area (Å²) in [5.74, 6) is -0.149. The first-order chi connectivity index (χ1) is 6.16. The zero-order valence-corrected chi connectivity index (χ0v) is 8.17. The molecule has 0 bridgehead atoms. The fraction of sp³-hybridized carbons (Fsp3) is 0.778. The van der Waals surface area contributed by atoms with Gasteiger partial charge in [-0.1, -0.05) is 26.2 Å². The molecule has 0 aromatic carbocycles. The van der Waals surface area contributed by atoms with Gasteiger partial charge in [-0.3, -0.25) is 10.1 Å². The molecule has 74 valence electrons. The summed E-state index contributed by atoms with van der Waals surface area (Å²) in [6.07, 6.45) is 4.03. The number of amides is 3. The molecule has 1 saturated heterocycles. The molecular weight excluding hydrogens is 168 g/mol. The zero-order chi connectivity index (χ0) is 9.84. The number of unbranched alkanes of at least 4 members (excludes halogenated alkanes) is 2. The minimum Gasteiger partial charge on any atom is -0.315 e. The standard InChI is InChI=1S/C9H16N2O2/c1-3-4-5-6-7-8(12)10-9(13)11(7)2/h7H,3-6H2,1-2H3,(H,10,12,13). The molecule has 4 heteroatoms. The van der Waals surface area contributed by atoms with Crippen molar-refractivity contribution in [3.8, 4) is 0 Å². The molecule has 0 aromatic heterocycles. The van der Waals surface area contributed by atoms with Gasteiger partial charge in [-0.15, -0.1) is 0 Å². The van der Waals surface area contributed by atoms with E-state index in [1.54, 1.807) is 7.05 Å². The number of hydrogen-bond acceptors (Lipinski definition) is 2. The van der Waals surface area contributed by atoms with Gasteiger partial charge in [0.05, 0.1) is 0 Å². The maximum Gasteiger partial charge on any atom is 0.324 e. The van der Waals surface area contributed by atoms with Gasteiger partial charge < -0.3 is 4.90 Å². The molecule has 0 aliphatic carbocycles. The molecule has 1 atom stereocenters. The molecule has 13 heavy (non-hydrogen) atoms. The Labute approximate surface area is 78.3 Å². The van der Waals surface area contributed by atoms with Crippen molar-refractivity contribution in [2.45, 2.75) is 38.6 Å². The van der Waals surface area contributed by atoms with E-state index in [0.29, 0.717) is 0 Å². The van der Waals surface area contributed by atoms with Crippen LogP contribution in [0.2, 0.25) is 0 Å². The van der Waals surface area contributed by atoms with E-state index in [4.69, 9.17) is 0 Å². The van der Waals surface area contributed by atoms with Crippen LogP contribution in [-0.2, 0) is 4.79 Å². The molecule has 3 amide bonds. The van der Waals surface area contributed by atoms with E-state index in [1.165, 1.54) is 4.90 Å². The monoisotopic (exact) mass is 184 g/mol. The number of likely N-dealkylation sites (N-methyl/N-ethyl adjacent to an activating group) is 1. The van der Waals surface area contributed by atoms with Gasteiger partial charge >= 0.3 is 6.03 Å². The molecule has 0 radical (unpaired) electrons. The first kappa shape index (κ1) is 10.0. The summed E-state index contributed by atoms with van der Waals surface area (Å²) < 4.78 is 0. The number of imide groups is 1. The number of nitrogens with zero attached hydrogens (tertiary/aromatic N) is 1. The fourth-order valence-corrected chi connectivity index (χ4v) is 1.51. The van der Waals surface area contributed by atoms with Gasteiger partial charge in [0, 0.05) is 7.05 Å². The lowest BCUT2D eigenvalue weighted by Gasteiger charge is -2.15. The molecule has 1 heterocycles. The minimum absolute atomic E-state index is 0.149. The van der Waals surface area contributed by atoms with Crippen molar-refractivity contribution >= 4 is 11.9 Å².